The molecule has 0 aromatic heterocycles. The lowest BCUT2D eigenvalue weighted by Crippen LogP contribution is -2.64. The van der Waals surface area contributed by atoms with E-state index in [4.69, 9.17) is 37.9 Å². The molecule has 4 aliphatic carbocycles. The molecule has 0 N–H and O–H groups in total. The number of hydrogen-bond donors (Lipinski definition) is 0. The van der Waals surface area contributed by atoms with E-state index in [1.54, 1.807) is 6.08 Å². The fraction of sp³-hybridized carbons (Fsp3) is 0.756. The minimum atomic E-state index is -1.60. The van der Waals surface area contributed by atoms with Gasteiger partial charge in [0.15, 0.2) is 18.0 Å². The van der Waals surface area contributed by atoms with Crippen LogP contribution in [0.2, 0.25) is 0 Å². The van der Waals surface area contributed by atoms with E-state index in [0.717, 1.165) is 66.2 Å². The van der Waals surface area contributed by atoms with Gasteiger partial charge in [0.2, 0.25) is 18.7 Å². The second-order valence-electron chi connectivity index (χ2n) is 17.3. The average Bonchev–Trinajstić information content (AvgIpc) is 3.44. The fourth-order valence-electron chi connectivity index (χ4n) is 11.7. The molecule has 0 spiro atoms. The summed E-state index contributed by atoms with van der Waals surface area (Å²) in [7, 11) is 0. The lowest BCUT2D eigenvalue weighted by atomic mass is 9.47. The molecular formula is C41H54O14. The zero-order valence-electron chi connectivity index (χ0n) is 32.7. The summed E-state index contributed by atoms with van der Waals surface area (Å²) < 4.78 is 46.5. The molecule has 0 aromatic rings. The molecule has 15 atom stereocenters. The summed E-state index contributed by atoms with van der Waals surface area (Å²) in [5.74, 6) is -2.82. The molecule has 2 saturated carbocycles. The van der Waals surface area contributed by atoms with Gasteiger partial charge in [0.25, 0.3) is 0 Å². The standard InChI is InChI=1S/C41H54O14/c1-20(42)50-33-34(51-21(2)43)37(55-38(53-23(4)45)35(33)52-22(3)44)48-19-30-36(47)54-31-17-40(30,6)49-18-26(31)28-14-13-27-25-12-11-24-9-8-10-32(46)41(24,7)29(25)15-16-39(27,28)5/h8,10-11,25-31,33-35,37-38H,9,12-19H2,1-7H3. The van der Waals surface area contributed by atoms with Crippen LogP contribution in [0.15, 0.2) is 23.8 Å². The second kappa shape index (κ2) is 14.7. The van der Waals surface area contributed by atoms with Gasteiger partial charge in [-0.05, 0) is 87.5 Å². The normalized spacial score (nSPS) is 44.5. The van der Waals surface area contributed by atoms with Crippen molar-refractivity contribution in [2.45, 2.75) is 136 Å². The summed E-state index contributed by atoms with van der Waals surface area (Å²) in [5, 5.41) is 0. The first-order valence-electron chi connectivity index (χ1n) is 19.7. The highest BCUT2D eigenvalue weighted by atomic mass is 16.8. The van der Waals surface area contributed by atoms with Crippen molar-refractivity contribution in [3.05, 3.63) is 23.8 Å². The van der Waals surface area contributed by atoms with Crippen LogP contribution in [0.5, 0.6) is 0 Å². The molecule has 55 heavy (non-hydrogen) atoms. The van der Waals surface area contributed by atoms with Crippen molar-refractivity contribution in [3.8, 4) is 0 Å². The van der Waals surface area contributed by atoms with Crippen molar-refractivity contribution in [1.82, 2.24) is 0 Å². The number of ketones is 1. The predicted molar refractivity (Wildman–Crippen MR) is 189 cm³/mol. The first-order valence-corrected chi connectivity index (χ1v) is 19.7. The van der Waals surface area contributed by atoms with E-state index >= 15 is 0 Å². The third-order valence-corrected chi connectivity index (χ3v) is 14.2. The monoisotopic (exact) mass is 770 g/mol. The summed E-state index contributed by atoms with van der Waals surface area (Å²) in [4.78, 5) is 75.8. The summed E-state index contributed by atoms with van der Waals surface area (Å²) in [6.07, 6.45) is 4.60. The topological polar surface area (TPSA) is 176 Å². The molecule has 2 bridgehead atoms. The van der Waals surface area contributed by atoms with Crippen molar-refractivity contribution in [3.63, 3.8) is 0 Å². The van der Waals surface area contributed by atoms with Gasteiger partial charge in [0.1, 0.15) is 12.0 Å². The van der Waals surface area contributed by atoms with Gasteiger partial charge in [-0.25, -0.2) is 0 Å². The van der Waals surface area contributed by atoms with Gasteiger partial charge in [-0.2, -0.15) is 0 Å². The Morgan fingerprint density at radius 3 is 2.05 bits per heavy atom. The van der Waals surface area contributed by atoms with Crippen molar-refractivity contribution in [1.29, 1.82) is 0 Å². The molecule has 7 aliphatic rings. The van der Waals surface area contributed by atoms with E-state index in [1.807, 2.05) is 13.0 Å². The predicted octanol–water partition coefficient (Wildman–Crippen LogP) is 4.30. The third kappa shape index (κ3) is 6.94. The Kier molecular flexibility index (Phi) is 10.6. The van der Waals surface area contributed by atoms with Crippen LogP contribution in [0.1, 0.15) is 93.4 Å². The van der Waals surface area contributed by atoms with Crippen LogP contribution in [0, 0.1) is 46.3 Å². The lowest BCUT2D eigenvalue weighted by Gasteiger charge is -2.58. The number of carbonyl (C=O) groups is 6. The Hall–Kier alpha value is -3.62. The Bertz CT molecular complexity index is 1670. The van der Waals surface area contributed by atoms with Crippen LogP contribution in [0.4, 0.5) is 0 Å². The highest BCUT2D eigenvalue weighted by molar-refractivity contribution is 5.98. The largest absolute Gasteiger partial charge is 0.461 e. The molecule has 3 saturated heterocycles. The maximum atomic E-state index is 13.9. The highest BCUT2D eigenvalue weighted by Crippen LogP contribution is 2.67. The molecular weight excluding hydrogens is 716 g/mol. The molecule has 302 valence electrons. The minimum absolute atomic E-state index is 0.0113. The van der Waals surface area contributed by atoms with E-state index in [2.05, 4.69) is 19.9 Å². The number of rotatable bonds is 8. The number of ether oxygens (including phenoxy) is 8. The lowest BCUT2D eigenvalue weighted by molar-refractivity contribution is -0.348. The molecule has 14 nitrogen and oxygen atoms in total. The van der Waals surface area contributed by atoms with Gasteiger partial charge >= 0.3 is 29.8 Å². The molecule has 3 heterocycles. The van der Waals surface area contributed by atoms with Crippen LogP contribution in [0.3, 0.4) is 0 Å². The van der Waals surface area contributed by atoms with Crippen molar-refractivity contribution in [2.75, 3.05) is 13.2 Å². The summed E-state index contributed by atoms with van der Waals surface area (Å²) in [6.45, 7) is 11.0. The first kappa shape index (κ1) is 39.6. The Balaban J connectivity index is 1.06. The van der Waals surface area contributed by atoms with Gasteiger partial charge in [-0.3, -0.25) is 28.8 Å². The fourth-order valence-corrected chi connectivity index (χ4v) is 11.7. The van der Waals surface area contributed by atoms with E-state index in [0.29, 0.717) is 30.8 Å². The van der Waals surface area contributed by atoms with Crippen LogP contribution >= 0.6 is 0 Å². The number of esters is 5. The zero-order chi connectivity index (χ0) is 39.6. The molecule has 15 unspecified atom stereocenters. The maximum absolute atomic E-state index is 13.9. The van der Waals surface area contributed by atoms with Gasteiger partial charge in [-0.15, -0.1) is 0 Å². The van der Waals surface area contributed by atoms with Gasteiger partial charge in [0.05, 0.1) is 24.2 Å². The molecule has 14 heteroatoms. The molecule has 0 amide bonds. The van der Waals surface area contributed by atoms with Crippen LogP contribution < -0.4 is 0 Å². The first-order chi connectivity index (χ1) is 26.0. The van der Waals surface area contributed by atoms with E-state index in [9.17, 15) is 28.8 Å². The summed E-state index contributed by atoms with van der Waals surface area (Å²) >= 11 is 0. The number of carbonyl (C=O) groups excluding carboxylic acids is 6. The summed E-state index contributed by atoms with van der Waals surface area (Å²) in [6, 6.07) is 0. The third-order valence-electron chi connectivity index (χ3n) is 14.2. The SMILES string of the molecule is CC(=O)OC1OC(OCC2C(=O)OC3CC2(C)OCC3C2CCC3C4CC=C5CC=CC(=O)C5(C)C4CCC23C)C(OC(C)=O)C(OC(C)=O)C1OC(C)=O. The average molecular weight is 771 g/mol. The number of fused-ring (bicyclic) bond motifs is 7. The molecule has 0 radical (unpaired) electrons. The van der Waals surface area contributed by atoms with Crippen LogP contribution in [-0.4, -0.2) is 91.4 Å². The minimum Gasteiger partial charge on any atom is -0.461 e. The van der Waals surface area contributed by atoms with Crippen LogP contribution in [-0.2, 0) is 66.7 Å². The van der Waals surface area contributed by atoms with E-state index in [-0.39, 0.29) is 35.7 Å². The number of allylic oxidation sites excluding steroid dienone is 4. The smallest absolute Gasteiger partial charge is 0.314 e. The van der Waals surface area contributed by atoms with Crippen molar-refractivity contribution < 1.29 is 66.7 Å². The molecule has 5 fully saturated rings. The quantitative estimate of drug-likeness (QED) is 0.194. The maximum Gasteiger partial charge on any atom is 0.314 e. The van der Waals surface area contributed by atoms with Gasteiger partial charge in [-0.1, -0.05) is 24.6 Å². The van der Waals surface area contributed by atoms with Crippen LogP contribution in [0.25, 0.3) is 0 Å². The van der Waals surface area contributed by atoms with Gasteiger partial charge in [0, 0.05) is 40.0 Å². The van der Waals surface area contributed by atoms with E-state index < -0.39 is 77.7 Å². The molecule has 3 aliphatic heterocycles. The van der Waals surface area contributed by atoms with Crippen molar-refractivity contribution in [2.24, 2.45) is 46.3 Å². The Morgan fingerprint density at radius 2 is 1.40 bits per heavy atom. The van der Waals surface area contributed by atoms with Crippen molar-refractivity contribution >= 4 is 35.6 Å². The van der Waals surface area contributed by atoms with Gasteiger partial charge < -0.3 is 37.9 Å². The highest BCUT2D eigenvalue weighted by Gasteiger charge is 2.64. The Labute approximate surface area is 321 Å². The molecule has 7 rings (SSSR count). The number of hydrogen-bond acceptors (Lipinski definition) is 14. The molecule has 0 aromatic carbocycles. The zero-order valence-corrected chi connectivity index (χ0v) is 32.7. The van der Waals surface area contributed by atoms with E-state index in [1.165, 1.54) is 5.57 Å². The summed E-state index contributed by atoms with van der Waals surface area (Å²) in [5.41, 5.74) is -0.0765. The Morgan fingerprint density at radius 1 is 0.782 bits per heavy atom. The second-order valence-corrected chi connectivity index (χ2v) is 17.3.